The van der Waals surface area contributed by atoms with Crippen LogP contribution in [0.4, 0.5) is 0 Å². The Hall–Kier alpha value is -1.61. The lowest BCUT2D eigenvalue weighted by Crippen LogP contribution is -2.18. The summed E-state index contributed by atoms with van der Waals surface area (Å²) in [6.07, 6.45) is 28.2. The molecule has 27 heavy (non-hydrogen) atoms. The van der Waals surface area contributed by atoms with Gasteiger partial charge in [-0.05, 0) is 44.9 Å². The van der Waals surface area contributed by atoms with Gasteiger partial charge in [-0.25, -0.2) is 0 Å². The molecule has 0 spiro atoms. The summed E-state index contributed by atoms with van der Waals surface area (Å²) in [5.41, 5.74) is 0. The molecule has 0 aromatic carbocycles. The first-order valence-electron chi connectivity index (χ1n) is 10.6. The highest BCUT2D eigenvalue weighted by atomic mass is 16.7. The van der Waals surface area contributed by atoms with Gasteiger partial charge in [0.1, 0.15) is 0 Å². The van der Waals surface area contributed by atoms with E-state index in [1.54, 1.807) is 7.11 Å². The molecular formula is C24H40O3. The molecule has 0 radical (unpaired) electrons. The van der Waals surface area contributed by atoms with Crippen molar-refractivity contribution in [2.75, 3.05) is 7.11 Å². The number of allylic oxidation sites excluding steroid dienone is 8. The van der Waals surface area contributed by atoms with Crippen molar-refractivity contribution in [1.29, 1.82) is 0 Å². The first-order chi connectivity index (χ1) is 13.2. The molecule has 0 aromatic rings. The molecule has 0 N–H and O–H groups in total. The van der Waals surface area contributed by atoms with Gasteiger partial charge in [0.25, 0.3) is 0 Å². The predicted molar refractivity (Wildman–Crippen MR) is 116 cm³/mol. The third-order valence-electron chi connectivity index (χ3n) is 4.07. The summed E-state index contributed by atoms with van der Waals surface area (Å²) < 4.78 is 10.2. The van der Waals surface area contributed by atoms with Crippen LogP contribution in [0.3, 0.4) is 0 Å². The third-order valence-corrected chi connectivity index (χ3v) is 4.07. The SMILES string of the molecule is CCCCCC=CCC=CCC=CCC=CCCCC(=O)OC(CC)OC. The summed E-state index contributed by atoms with van der Waals surface area (Å²) >= 11 is 0. The maximum atomic E-state index is 11.6. The molecule has 0 aliphatic carbocycles. The van der Waals surface area contributed by atoms with E-state index in [-0.39, 0.29) is 5.97 Å². The summed E-state index contributed by atoms with van der Waals surface area (Å²) in [7, 11) is 1.56. The quantitative estimate of drug-likeness (QED) is 0.118. The van der Waals surface area contributed by atoms with Crippen molar-refractivity contribution in [2.45, 2.75) is 90.8 Å². The van der Waals surface area contributed by atoms with E-state index < -0.39 is 6.29 Å². The lowest BCUT2D eigenvalue weighted by Gasteiger charge is -2.13. The van der Waals surface area contributed by atoms with Crippen LogP contribution in [0.25, 0.3) is 0 Å². The molecular weight excluding hydrogens is 336 g/mol. The second kappa shape index (κ2) is 20.7. The number of methoxy groups -OCH3 is 1. The molecule has 0 saturated carbocycles. The summed E-state index contributed by atoms with van der Waals surface area (Å²) in [4.78, 5) is 11.6. The number of unbranched alkanes of at least 4 members (excludes halogenated alkanes) is 4. The molecule has 1 atom stereocenters. The number of rotatable bonds is 17. The number of hydrogen-bond donors (Lipinski definition) is 0. The van der Waals surface area contributed by atoms with Crippen molar-refractivity contribution >= 4 is 5.97 Å². The van der Waals surface area contributed by atoms with E-state index >= 15 is 0 Å². The van der Waals surface area contributed by atoms with Crippen LogP contribution in [0.5, 0.6) is 0 Å². The van der Waals surface area contributed by atoms with Crippen molar-refractivity contribution in [2.24, 2.45) is 0 Å². The normalized spacial score (nSPS) is 13.4. The molecule has 0 amide bonds. The van der Waals surface area contributed by atoms with E-state index in [4.69, 9.17) is 9.47 Å². The third kappa shape index (κ3) is 19.0. The molecule has 1 unspecified atom stereocenters. The van der Waals surface area contributed by atoms with Gasteiger partial charge in [0.05, 0.1) is 0 Å². The maximum absolute atomic E-state index is 11.6. The van der Waals surface area contributed by atoms with Crippen LogP contribution in [-0.2, 0) is 14.3 Å². The van der Waals surface area contributed by atoms with Crippen LogP contribution in [0.2, 0.25) is 0 Å². The van der Waals surface area contributed by atoms with Gasteiger partial charge >= 0.3 is 5.97 Å². The number of ether oxygens (including phenoxy) is 2. The second-order valence-corrected chi connectivity index (χ2v) is 6.54. The van der Waals surface area contributed by atoms with Gasteiger partial charge in [0, 0.05) is 20.0 Å². The number of carbonyl (C=O) groups excluding carboxylic acids is 1. The van der Waals surface area contributed by atoms with Gasteiger partial charge in [-0.1, -0.05) is 75.3 Å². The van der Waals surface area contributed by atoms with Crippen molar-refractivity contribution in [3.8, 4) is 0 Å². The van der Waals surface area contributed by atoms with E-state index in [9.17, 15) is 4.79 Å². The Kier molecular flexibility index (Phi) is 19.5. The van der Waals surface area contributed by atoms with Crippen LogP contribution >= 0.6 is 0 Å². The molecule has 0 fully saturated rings. The Balaban J connectivity index is 3.55. The minimum Gasteiger partial charge on any atom is -0.436 e. The van der Waals surface area contributed by atoms with E-state index in [0.29, 0.717) is 12.8 Å². The molecule has 0 aromatic heterocycles. The van der Waals surface area contributed by atoms with Crippen LogP contribution in [0.1, 0.15) is 84.5 Å². The topological polar surface area (TPSA) is 35.5 Å². The Morgan fingerprint density at radius 2 is 1.30 bits per heavy atom. The first kappa shape index (κ1) is 25.4. The van der Waals surface area contributed by atoms with Crippen LogP contribution in [0.15, 0.2) is 48.6 Å². The van der Waals surface area contributed by atoms with Crippen LogP contribution in [-0.4, -0.2) is 19.4 Å². The van der Waals surface area contributed by atoms with Crippen molar-refractivity contribution in [3.63, 3.8) is 0 Å². The minimum absolute atomic E-state index is 0.181. The van der Waals surface area contributed by atoms with Crippen molar-refractivity contribution < 1.29 is 14.3 Å². The van der Waals surface area contributed by atoms with E-state index in [0.717, 1.165) is 32.1 Å². The van der Waals surface area contributed by atoms with Gasteiger partial charge in [0.2, 0.25) is 6.29 Å². The lowest BCUT2D eigenvalue weighted by atomic mass is 10.2. The number of hydrogen-bond acceptors (Lipinski definition) is 3. The van der Waals surface area contributed by atoms with Gasteiger partial charge in [-0.15, -0.1) is 0 Å². The Bertz CT molecular complexity index is 443. The predicted octanol–water partition coefficient (Wildman–Crippen LogP) is 7.06. The molecule has 0 aliphatic rings. The van der Waals surface area contributed by atoms with E-state index in [1.807, 2.05) is 6.92 Å². The van der Waals surface area contributed by atoms with Crippen molar-refractivity contribution in [3.05, 3.63) is 48.6 Å². The summed E-state index contributed by atoms with van der Waals surface area (Å²) in [6.45, 7) is 4.17. The smallest absolute Gasteiger partial charge is 0.308 e. The minimum atomic E-state index is -0.408. The Morgan fingerprint density at radius 1 is 0.778 bits per heavy atom. The zero-order valence-electron chi connectivity index (χ0n) is 17.7. The fourth-order valence-electron chi connectivity index (χ4n) is 2.43. The van der Waals surface area contributed by atoms with Crippen molar-refractivity contribution in [1.82, 2.24) is 0 Å². The Morgan fingerprint density at radius 3 is 1.78 bits per heavy atom. The molecule has 0 aliphatic heterocycles. The van der Waals surface area contributed by atoms with Gasteiger partial charge < -0.3 is 9.47 Å². The zero-order valence-corrected chi connectivity index (χ0v) is 17.7. The average molecular weight is 377 g/mol. The summed E-state index contributed by atoms with van der Waals surface area (Å²) in [5, 5.41) is 0. The molecule has 154 valence electrons. The fraction of sp³-hybridized carbons (Fsp3) is 0.625. The lowest BCUT2D eigenvalue weighted by molar-refractivity contribution is -0.173. The summed E-state index contributed by atoms with van der Waals surface area (Å²) in [6, 6.07) is 0. The maximum Gasteiger partial charge on any atom is 0.308 e. The molecule has 0 rings (SSSR count). The Labute approximate surface area is 167 Å². The van der Waals surface area contributed by atoms with E-state index in [2.05, 4.69) is 55.5 Å². The van der Waals surface area contributed by atoms with Gasteiger partial charge in [-0.3, -0.25) is 4.79 Å². The van der Waals surface area contributed by atoms with Crippen LogP contribution in [0, 0.1) is 0 Å². The molecule has 0 saturated heterocycles. The molecule has 3 heteroatoms. The fourth-order valence-corrected chi connectivity index (χ4v) is 2.43. The molecule has 3 nitrogen and oxygen atoms in total. The zero-order chi connectivity index (χ0) is 20.0. The van der Waals surface area contributed by atoms with Gasteiger partial charge in [-0.2, -0.15) is 0 Å². The number of esters is 1. The highest BCUT2D eigenvalue weighted by Crippen LogP contribution is 2.05. The highest BCUT2D eigenvalue weighted by molar-refractivity contribution is 5.69. The monoisotopic (exact) mass is 376 g/mol. The average Bonchev–Trinajstić information content (AvgIpc) is 2.68. The standard InChI is InChI=1S/C24H40O3/c1-4-6-7-8-9-10-11-12-13-14-15-16-17-18-19-20-21-22-23(25)27-24(5-2)26-3/h9-10,12-13,15-16,18-19,24H,4-8,11,14,17,20-22H2,1-3H3. The van der Waals surface area contributed by atoms with E-state index in [1.165, 1.54) is 25.7 Å². The largest absolute Gasteiger partial charge is 0.436 e. The highest BCUT2D eigenvalue weighted by Gasteiger charge is 2.09. The van der Waals surface area contributed by atoms with Crippen LogP contribution < -0.4 is 0 Å². The van der Waals surface area contributed by atoms with Gasteiger partial charge in [0.15, 0.2) is 0 Å². The summed E-state index contributed by atoms with van der Waals surface area (Å²) in [5.74, 6) is -0.181. The molecule has 0 heterocycles. The molecule has 0 bridgehead atoms. The first-order valence-corrected chi connectivity index (χ1v) is 10.6. The second-order valence-electron chi connectivity index (χ2n) is 6.54. The number of carbonyl (C=O) groups is 1.